The Labute approximate surface area is 401 Å². The average molecular weight is 893 g/mol. The van der Waals surface area contributed by atoms with E-state index in [1.807, 2.05) is 140 Å². The summed E-state index contributed by atoms with van der Waals surface area (Å²) in [4.78, 5) is 4.32. The lowest BCUT2D eigenvalue weighted by atomic mass is 9.88. The van der Waals surface area contributed by atoms with Crippen molar-refractivity contribution in [3.8, 4) is 44.5 Å². The molecular formula is C65H46F2N2. The molecule has 0 radical (unpaired) electrons. The van der Waals surface area contributed by atoms with E-state index in [9.17, 15) is 0 Å². The third-order valence-electron chi connectivity index (χ3n) is 13.8. The third-order valence-corrected chi connectivity index (χ3v) is 13.8. The highest BCUT2D eigenvalue weighted by atomic mass is 19.1. The lowest BCUT2D eigenvalue weighted by Gasteiger charge is -2.38. The molecule has 0 bridgehead atoms. The van der Waals surface area contributed by atoms with Crippen molar-refractivity contribution in [1.82, 2.24) is 0 Å². The molecule has 12 rings (SSSR count). The van der Waals surface area contributed by atoms with E-state index >= 15 is 8.78 Å². The second-order valence-electron chi connectivity index (χ2n) is 17.9. The smallest absolute Gasteiger partial charge is 0.148 e. The summed E-state index contributed by atoms with van der Waals surface area (Å²) in [5.41, 5.74) is 10.5. The predicted octanol–water partition coefficient (Wildman–Crippen LogP) is 18.3. The lowest BCUT2D eigenvalue weighted by Crippen LogP contribution is -2.36. The molecule has 2 nitrogen and oxygen atoms in total. The molecule has 0 saturated carbocycles. The molecule has 2 atom stereocenters. The van der Waals surface area contributed by atoms with Crippen molar-refractivity contribution in [2.45, 2.75) is 13.0 Å². The fourth-order valence-electron chi connectivity index (χ4n) is 10.5. The molecule has 330 valence electrons. The van der Waals surface area contributed by atoms with Crippen LogP contribution < -0.4 is 9.80 Å². The van der Waals surface area contributed by atoms with Crippen LogP contribution in [-0.2, 0) is 0 Å². The zero-order valence-corrected chi connectivity index (χ0v) is 38.0. The van der Waals surface area contributed by atoms with Crippen LogP contribution >= 0.6 is 0 Å². The van der Waals surface area contributed by atoms with Crippen molar-refractivity contribution >= 4 is 60.8 Å². The zero-order valence-electron chi connectivity index (χ0n) is 38.0. The summed E-state index contributed by atoms with van der Waals surface area (Å²) in [6.45, 7) is 2.20. The number of nitrogens with zero attached hydrogens (tertiary/aromatic N) is 2. The number of rotatable bonds is 10. The maximum atomic E-state index is 17.7. The lowest BCUT2D eigenvalue weighted by molar-refractivity contribution is 0.584. The Morgan fingerprint density at radius 2 is 0.797 bits per heavy atom. The fraction of sp³-hybridized carbons (Fsp3) is 0.0462. The summed E-state index contributed by atoms with van der Waals surface area (Å²) >= 11 is 0. The van der Waals surface area contributed by atoms with Crippen LogP contribution in [0.4, 0.5) is 37.2 Å². The molecule has 0 amide bonds. The number of anilines is 5. The average Bonchev–Trinajstić information content (AvgIpc) is 3.41. The van der Waals surface area contributed by atoms with E-state index < -0.39 is 0 Å². The SMILES string of the molecule is CC1C=CC=CC1N(c1c(F)cc(-c2ccccc2)cc1-c1ccccc1)c1ccc2ccc3c(N(c4ccccc4)c4c(F)cc(-c5ccccc5)cc4-c4ccccc4)ccc4ccc1c2c43. The van der Waals surface area contributed by atoms with Crippen molar-refractivity contribution in [2.75, 3.05) is 9.80 Å². The minimum Gasteiger partial charge on any atom is -0.330 e. The van der Waals surface area contributed by atoms with Gasteiger partial charge in [-0.15, -0.1) is 0 Å². The highest BCUT2D eigenvalue weighted by Gasteiger charge is 2.32. The van der Waals surface area contributed by atoms with Crippen molar-refractivity contribution in [3.63, 3.8) is 0 Å². The van der Waals surface area contributed by atoms with E-state index in [0.29, 0.717) is 11.4 Å². The molecule has 1 aliphatic carbocycles. The largest absolute Gasteiger partial charge is 0.330 e. The first-order valence-electron chi connectivity index (χ1n) is 23.6. The molecule has 11 aromatic rings. The summed E-state index contributed by atoms with van der Waals surface area (Å²) in [5, 5.41) is 6.22. The Morgan fingerprint density at radius 1 is 0.377 bits per heavy atom. The van der Waals surface area contributed by atoms with Crippen LogP contribution in [0.1, 0.15) is 6.92 Å². The first-order chi connectivity index (χ1) is 34.0. The topological polar surface area (TPSA) is 6.48 Å². The Hall–Kier alpha value is -8.60. The fourth-order valence-corrected chi connectivity index (χ4v) is 10.5. The molecule has 2 unspecified atom stereocenters. The number of benzene rings is 11. The maximum absolute atomic E-state index is 17.7. The van der Waals surface area contributed by atoms with Crippen molar-refractivity contribution < 1.29 is 8.78 Å². The van der Waals surface area contributed by atoms with Gasteiger partial charge in [-0.2, -0.15) is 0 Å². The standard InChI is InChI=1S/C65H46F2N2/c1-43-19-17-18-30-59(43)69(65-56(47-26-13-5-14-27-47)40-51(42-58(65)67)45-22-9-3-10-23-45)61-38-34-49-31-35-53-60(37-33-48-32-36-54(61)63(49)62(48)53)68(52-28-15-6-16-29-52)64-55(46-24-11-4-12-25-46)39-50(41-57(64)66)44-20-7-2-8-21-44/h2-43,59H,1H3. The van der Waals surface area contributed by atoms with Gasteiger partial charge >= 0.3 is 0 Å². The number of allylic oxidation sites excluding steroid dienone is 2. The Kier molecular flexibility index (Phi) is 10.6. The molecule has 4 heteroatoms. The van der Waals surface area contributed by atoms with Gasteiger partial charge in [-0.05, 0) is 109 Å². The van der Waals surface area contributed by atoms with Gasteiger partial charge in [0.05, 0.1) is 23.1 Å². The van der Waals surface area contributed by atoms with Crippen molar-refractivity contribution in [1.29, 1.82) is 0 Å². The summed E-state index contributed by atoms with van der Waals surface area (Å²) < 4.78 is 35.4. The van der Waals surface area contributed by atoms with E-state index in [1.165, 1.54) is 0 Å². The molecule has 0 aliphatic heterocycles. The van der Waals surface area contributed by atoms with Gasteiger partial charge in [0.1, 0.15) is 11.6 Å². The van der Waals surface area contributed by atoms with E-state index in [1.54, 1.807) is 12.1 Å². The number of hydrogen-bond acceptors (Lipinski definition) is 2. The molecule has 0 saturated heterocycles. The molecule has 0 fully saturated rings. The van der Waals surface area contributed by atoms with Crippen molar-refractivity contribution in [2.24, 2.45) is 5.92 Å². The minimum atomic E-state index is -0.332. The number of para-hydroxylation sites is 1. The summed E-state index contributed by atoms with van der Waals surface area (Å²) in [7, 11) is 0. The monoisotopic (exact) mass is 892 g/mol. The maximum Gasteiger partial charge on any atom is 0.148 e. The third kappa shape index (κ3) is 7.42. The van der Waals surface area contributed by atoms with Crippen LogP contribution in [0.15, 0.2) is 249 Å². The normalized spacial score (nSPS) is 14.5. The second kappa shape index (κ2) is 17.6. The van der Waals surface area contributed by atoms with Gasteiger partial charge < -0.3 is 9.80 Å². The molecule has 1 aliphatic rings. The number of halogens is 2. The van der Waals surface area contributed by atoms with Crippen LogP contribution in [0.2, 0.25) is 0 Å². The van der Waals surface area contributed by atoms with Crippen LogP contribution in [0, 0.1) is 17.6 Å². The van der Waals surface area contributed by atoms with Gasteiger partial charge in [0.25, 0.3) is 0 Å². The van der Waals surface area contributed by atoms with E-state index in [0.717, 1.165) is 93.9 Å². The Balaban J connectivity index is 1.12. The van der Waals surface area contributed by atoms with Gasteiger partial charge in [0.2, 0.25) is 0 Å². The highest BCUT2D eigenvalue weighted by molar-refractivity contribution is 6.28. The summed E-state index contributed by atoms with van der Waals surface area (Å²) in [6, 6.07) is 75.1. The Morgan fingerprint density at radius 3 is 1.32 bits per heavy atom. The predicted molar refractivity (Wildman–Crippen MR) is 286 cm³/mol. The molecule has 0 heterocycles. The van der Waals surface area contributed by atoms with E-state index in [4.69, 9.17) is 0 Å². The van der Waals surface area contributed by atoms with Gasteiger partial charge in [0.15, 0.2) is 0 Å². The summed E-state index contributed by atoms with van der Waals surface area (Å²) in [5.74, 6) is -0.578. The van der Waals surface area contributed by atoms with Crippen LogP contribution in [0.25, 0.3) is 76.8 Å². The molecule has 0 aromatic heterocycles. The Bertz CT molecular complexity index is 3700. The van der Waals surface area contributed by atoms with Gasteiger partial charge in [-0.3, -0.25) is 0 Å². The number of hydrogen-bond donors (Lipinski definition) is 0. The van der Waals surface area contributed by atoms with Crippen LogP contribution in [-0.4, -0.2) is 6.04 Å². The van der Waals surface area contributed by atoms with Crippen LogP contribution in [0.3, 0.4) is 0 Å². The molecule has 0 N–H and O–H groups in total. The first kappa shape index (κ1) is 41.8. The van der Waals surface area contributed by atoms with E-state index in [2.05, 4.69) is 114 Å². The first-order valence-corrected chi connectivity index (χ1v) is 23.6. The molecule has 0 spiro atoms. The van der Waals surface area contributed by atoms with E-state index in [-0.39, 0.29) is 23.6 Å². The van der Waals surface area contributed by atoms with Crippen molar-refractivity contribution in [3.05, 3.63) is 260 Å². The highest BCUT2D eigenvalue weighted by Crippen LogP contribution is 2.51. The summed E-state index contributed by atoms with van der Waals surface area (Å²) in [6.07, 6.45) is 8.55. The zero-order chi connectivity index (χ0) is 46.4. The van der Waals surface area contributed by atoms with Gasteiger partial charge in [-0.1, -0.05) is 207 Å². The molecule has 11 aromatic carbocycles. The van der Waals surface area contributed by atoms with Gasteiger partial charge in [-0.25, -0.2) is 8.78 Å². The minimum absolute atomic E-state index is 0.0541. The van der Waals surface area contributed by atoms with Crippen LogP contribution in [0.5, 0.6) is 0 Å². The molecular weight excluding hydrogens is 847 g/mol. The van der Waals surface area contributed by atoms with Gasteiger partial charge in [0, 0.05) is 33.3 Å². The molecule has 69 heavy (non-hydrogen) atoms. The quantitative estimate of drug-likeness (QED) is 0.126. The second-order valence-corrected chi connectivity index (χ2v) is 17.9.